The smallest absolute Gasteiger partial charge is 0.384 e. The standard InChI is InChI=1S/C14H26N2O.C13H26N2O.C13H22O.C12H24N2O.C12H20O.C11H19NO.C11H20O2.C11H18O.C10H18O2.C9H13NO.C8H12O2/c1-7-10-16(12-14(2,3)4)13(17)9-8-11-15(5)6;1-7-15(11-13(2,3)4)12(16)9-8-10-14(5)6;1-13(2,3)10-9-12(14)11-7-5-4-6-8-11;1-12(2,3)10-14(6)11(15)8-7-9-13(4)5;1-12(2,3)9-8-11(13)10-6-4-5-7-10;1-5-10(13)12-7-6-9(8-12)11(2,3)4;1-7-8-9(12)13-11(5,6)10(2,3)4;1-11(2,3)8-7-10(12)9-5-4-6-9;1-7-8(11)12-10(5,6)9(2,3)4;1-8(2,3)7(11)9(6-10)4-5-9;1-5-7(9)10-6-8(2,3)4/h7-9H,1,10-12H2,2-6H3;8-9H,7,10-11H2,1-6H3;7H,4-6,8-10H2,1-3H3;7-8H,9-10H2,1-6H3;6H,4-5,7-9H2,1-3H3;5,9H,1,6-8H2,2-4H3;7-8H,1-6H3;5H,4,6-8H2,1-3H3;7H,1H2,2-6H3;4-5H2,1-3H3;1H,6H2,2-4H3/b2*9-8+;;8-7+;;;8-7+;;;;. The van der Waals surface area contributed by atoms with Crippen molar-refractivity contribution < 1.29 is 67.0 Å². The summed E-state index contributed by atoms with van der Waals surface area (Å²) in [5, 5.41) is 8.72. The summed E-state index contributed by atoms with van der Waals surface area (Å²) in [4.78, 5) is 139. The molecule has 0 aromatic rings. The van der Waals surface area contributed by atoms with Crippen LogP contribution in [-0.2, 0) is 67.0 Å². The first kappa shape index (κ1) is 148. The highest BCUT2D eigenvalue weighted by molar-refractivity contribution is 5.97. The maximum absolute atomic E-state index is 12.0. The average Bonchev–Trinajstić information content (AvgIpc) is 1.62. The summed E-state index contributed by atoms with van der Waals surface area (Å²) >= 11 is 0. The van der Waals surface area contributed by atoms with Crippen LogP contribution in [0.1, 0.15) is 386 Å². The van der Waals surface area contributed by atoms with Crippen LogP contribution in [0.4, 0.5) is 0 Å². The molecule has 146 heavy (non-hydrogen) atoms. The fraction of sp³-hybridized carbons (Fsp3) is 0.726. The second-order valence-electron chi connectivity index (χ2n) is 53.5. The maximum atomic E-state index is 12.0. The highest BCUT2D eigenvalue weighted by atomic mass is 16.6. The molecule has 1 aliphatic heterocycles. The normalized spacial score (nSPS) is 15.2. The summed E-state index contributed by atoms with van der Waals surface area (Å²) in [7, 11) is 13.7. The topological polar surface area (TPSA) is 262 Å². The number of nitrogens with zero attached hydrogens (tertiary/aromatic N) is 8. The molecule has 1 unspecified atom stereocenters. The predicted octanol–water partition coefficient (Wildman–Crippen LogP) is 26.9. The van der Waals surface area contributed by atoms with Gasteiger partial charge in [0.25, 0.3) is 0 Å². The van der Waals surface area contributed by atoms with Crippen molar-refractivity contribution in [3.05, 3.63) is 122 Å². The lowest BCUT2D eigenvalue weighted by Crippen LogP contribution is -2.40. The summed E-state index contributed by atoms with van der Waals surface area (Å²) in [6, 6.07) is 2.11. The zero-order chi connectivity index (χ0) is 116. The second-order valence-corrected chi connectivity index (χ2v) is 53.5. The molecular formula is C124H218N8O14. The molecule has 1 atom stereocenters. The molecule has 0 bridgehead atoms. The zero-order valence-electron chi connectivity index (χ0n) is 102. The third-order valence-corrected chi connectivity index (χ3v) is 24.0. The summed E-state index contributed by atoms with van der Waals surface area (Å²) in [5.41, 5.74) is 2.86. The van der Waals surface area contributed by atoms with Gasteiger partial charge in [0, 0.05) is 144 Å². The van der Waals surface area contributed by atoms with Crippen LogP contribution in [0.25, 0.3) is 0 Å². The molecule has 4 aliphatic carbocycles. The number of esters is 3. The zero-order valence-corrected chi connectivity index (χ0v) is 102. The van der Waals surface area contributed by atoms with E-state index in [1.165, 1.54) is 37.5 Å². The Morgan fingerprint density at radius 3 is 1.10 bits per heavy atom. The lowest BCUT2D eigenvalue weighted by Gasteiger charge is -2.37. The quantitative estimate of drug-likeness (QED) is 0.0156. The molecule has 1 heterocycles. The SMILES string of the molecule is C#CC(=O)OCC(C)(C)C.C/C=C/C(=O)OC(C)(C)C(C)(C)C.C=CC(=O)N1CCC(C(C)(C)C)C1.C=CC(=O)OC(C)(C)C(C)(C)C.C=CCN(CC(C)(C)C)C(=O)/C=C/CN(C)C.CC(C)(C)C(=O)C1(C#N)CC1.CC(C)(C)CCC(=O)C1=CCC1.CC(C)(C)CCC(=O)C1=CCCC1.CC(C)(C)CCC(=O)C1=CCCCC1.CCN(CC(C)(C)C)C(=O)/C=C/CN(C)C.CN(C)C/C=C/C(=O)N(C)CC(C)(C)C. The number of rotatable bonds is 31. The Morgan fingerprint density at radius 2 is 0.829 bits per heavy atom. The van der Waals surface area contributed by atoms with Crippen LogP contribution >= 0.6 is 0 Å². The van der Waals surface area contributed by atoms with Crippen LogP contribution in [-0.4, -0.2) is 232 Å². The lowest BCUT2D eigenvalue weighted by molar-refractivity contribution is -0.161. The molecule has 5 aliphatic rings. The van der Waals surface area contributed by atoms with Gasteiger partial charge in [0.05, 0.1) is 12.7 Å². The van der Waals surface area contributed by atoms with Gasteiger partial charge >= 0.3 is 17.9 Å². The van der Waals surface area contributed by atoms with E-state index in [0.29, 0.717) is 47.2 Å². The molecule has 0 aromatic carbocycles. The van der Waals surface area contributed by atoms with Gasteiger partial charge in [-0.25, -0.2) is 14.4 Å². The number of likely N-dealkylation sites (N-methyl/N-ethyl adjacent to an activating group) is 5. The lowest BCUT2D eigenvalue weighted by atomic mass is 9.79. The molecule has 0 aromatic heterocycles. The van der Waals surface area contributed by atoms with E-state index in [1.54, 1.807) is 42.2 Å². The molecule has 0 radical (unpaired) electrons. The number of hydrogen-bond donors (Lipinski definition) is 0. The van der Waals surface area contributed by atoms with Crippen molar-refractivity contribution in [2.75, 3.05) is 121 Å². The minimum absolute atomic E-state index is 0.00743. The summed E-state index contributed by atoms with van der Waals surface area (Å²) in [6.07, 6.45) is 47.1. The van der Waals surface area contributed by atoms with E-state index < -0.39 is 22.6 Å². The summed E-state index contributed by atoms with van der Waals surface area (Å²) < 4.78 is 15.2. The van der Waals surface area contributed by atoms with E-state index in [2.05, 4.69) is 215 Å². The molecule has 22 nitrogen and oxygen atoms in total. The first-order valence-corrected chi connectivity index (χ1v) is 53.2. The van der Waals surface area contributed by atoms with Crippen molar-refractivity contribution in [2.45, 2.75) is 397 Å². The molecular weight excluding hydrogens is 1830 g/mol. The van der Waals surface area contributed by atoms with Crippen molar-refractivity contribution in [1.82, 2.24) is 34.3 Å². The van der Waals surface area contributed by atoms with Crippen molar-refractivity contribution in [3.8, 4) is 18.4 Å². The summed E-state index contributed by atoms with van der Waals surface area (Å²) in [6.45, 7) is 99.5. The molecule has 1 saturated heterocycles. The number of terminal acetylenes is 1. The van der Waals surface area contributed by atoms with Crippen LogP contribution in [0.5, 0.6) is 0 Å². The van der Waals surface area contributed by atoms with E-state index in [1.807, 2.05) is 200 Å². The van der Waals surface area contributed by atoms with Gasteiger partial charge in [-0.3, -0.25) is 38.4 Å². The Kier molecular flexibility index (Phi) is 70.6. The molecule has 4 amide bonds. The first-order valence-electron chi connectivity index (χ1n) is 53.2. The van der Waals surface area contributed by atoms with Gasteiger partial charge in [0.2, 0.25) is 23.6 Å². The van der Waals surface area contributed by atoms with Crippen molar-refractivity contribution in [2.24, 2.45) is 70.9 Å². The van der Waals surface area contributed by atoms with E-state index in [-0.39, 0.29) is 90.1 Å². The Morgan fingerprint density at radius 1 is 0.459 bits per heavy atom. The Labute approximate surface area is 895 Å². The number of ketones is 4. The van der Waals surface area contributed by atoms with Crippen molar-refractivity contribution in [3.63, 3.8) is 0 Å². The fourth-order valence-corrected chi connectivity index (χ4v) is 13.0. The molecule has 2 fully saturated rings. The van der Waals surface area contributed by atoms with Crippen LogP contribution in [0.2, 0.25) is 0 Å². The van der Waals surface area contributed by atoms with E-state index in [9.17, 15) is 52.7 Å². The molecule has 5 rings (SSSR count). The van der Waals surface area contributed by atoms with Gasteiger partial charge in [-0.05, 0) is 252 Å². The molecule has 22 heteroatoms. The summed E-state index contributed by atoms with van der Waals surface area (Å²) in [5.74, 6) is 2.85. The monoisotopic (exact) mass is 2040 g/mol. The second kappa shape index (κ2) is 69.6. The largest absolute Gasteiger partial charge is 0.456 e. The number of nitriles is 1. The highest BCUT2D eigenvalue weighted by Crippen LogP contribution is 2.50. The first-order chi connectivity index (χ1) is 65.9. The number of hydrogen-bond acceptors (Lipinski definition) is 18. The van der Waals surface area contributed by atoms with E-state index in [4.69, 9.17) is 21.2 Å². The van der Waals surface area contributed by atoms with Gasteiger partial charge in [-0.15, -0.1) is 13.0 Å². The molecule has 0 spiro atoms. The van der Waals surface area contributed by atoms with Crippen LogP contribution in [0.3, 0.4) is 0 Å². The number of ether oxygens (including phenoxy) is 3. The minimum atomic E-state index is -0.599. The number of allylic oxidation sites excluding steroid dienone is 7. The van der Waals surface area contributed by atoms with Crippen molar-refractivity contribution >= 4 is 64.7 Å². The number of carbonyl (C=O) groups is 11. The van der Waals surface area contributed by atoms with Gasteiger partial charge in [0.1, 0.15) is 16.6 Å². The molecule has 1 saturated carbocycles. The maximum Gasteiger partial charge on any atom is 0.384 e. The van der Waals surface area contributed by atoms with Crippen LogP contribution < -0.4 is 0 Å². The highest BCUT2D eigenvalue weighted by Gasteiger charge is 2.54. The Balaban J connectivity index is -0.000000370. The molecule has 0 N–H and O–H groups in total. The van der Waals surface area contributed by atoms with E-state index >= 15 is 0 Å². The van der Waals surface area contributed by atoms with Gasteiger partial charge < -0.3 is 48.5 Å². The average molecular weight is 2050 g/mol. The third kappa shape index (κ3) is 80.3. The Hall–Kier alpha value is -8.70. The van der Waals surface area contributed by atoms with Crippen molar-refractivity contribution in [1.29, 1.82) is 5.26 Å². The van der Waals surface area contributed by atoms with Crippen LogP contribution in [0, 0.1) is 94.6 Å². The number of carbonyl (C=O) groups excluding carboxylic acids is 11. The Bertz CT molecular complexity index is 4260. The fourth-order valence-electron chi connectivity index (χ4n) is 13.0. The van der Waals surface area contributed by atoms with E-state index in [0.717, 1.165) is 172 Å². The number of likely N-dealkylation sites (tertiary alicyclic amines) is 1. The number of amides is 4. The molecule has 838 valence electrons. The van der Waals surface area contributed by atoms with Gasteiger partial charge in [-0.2, -0.15) is 5.26 Å². The van der Waals surface area contributed by atoms with Gasteiger partial charge in [0.15, 0.2) is 23.1 Å². The predicted molar refractivity (Wildman–Crippen MR) is 615 cm³/mol. The van der Waals surface area contributed by atoms with Crippen LogP contribution in [0.15, 0.2) is 122 Å². The third-order valence-electron chi connectivity index (χ3n) is 24.0. The van der Waals surface area contributed by atoms with Gasteiger partial charge in [-0.1, -0.05) is 290 Å². The minimum Gasteiger partial charge on any atom is -0.456 e. The number of Topliss-reactive ketones (excluding diaryl/α,β-unsaturated/α-hetero) is 4.